The molecule has 0 radical (unpaired) electrons. The number of fused-ring (bicyclic) bond motifs is 16. The van der Waals surface area contributed by atoms with Crippen LogP contribution in [0.1, 0.15) is 22.3 Å². The van der Waals surface area contributed by atoms with Gasteiger partial charge in [-0.25, -0.2) is 0 Å². The molecule has 0 unspecified atom stereocenters. The van der Waals surface area contributed by atoms with Crippen molar-refractivity contribution in [3.05, 3.63) is 253 Å². The molecule has 0 saturated carbocycles. The van der Waals surface area contributed by atoms with Gasteiger partial charge in [-0.1, -0.05) is 195 Å². The zero-order valence-electron chi connectivity index (χ0n) is 41.3. The highest BCUT2D eigenvalue weighted by molar-refractivity contribution is 6.89. The number of benzene rings is 11. The fraction of sp³-hybridized carbons (Fsp3) is 0.104. The topological polar surface area (TPSA) is 6.48 Å². The van der Waals surface area contributed by atoms with Crippen molar-refractivity contribution in [2.24, 2.45) is 0 Å². The summed E-state index contributed by atoms with van der Waals surface area (Å²) in [5.74, 6) is 0. The lowest BCUT2D eigenvalue weighted by molar-refractivity contribution is 0.795. The normalized spacial score (nSPS) is 13.3. The van der Waals surface area contributed by atoms with Crippen molar-refractivity contribution < 1.29 is 0 Å². The van der Waals surface area contributed by atoms with Crippen LogP contribution in [0.15, 0.2) is 231 Å². The molecule has 2 aliphatic rings. The quantitative estimate of drug-likeness (QED) is 0.111. The summed E-state index contributed by atoms with van der Waals surface area (Å²) in [6.45, 7) is 14.6. The smallest absolute Gasteiger partial charge is 0.0775 e. The van der Waals surface area contributed by atoms with Crippen LogP contribution < -0.4 is 20.2 Å². The van der Waals surface area contributed by atoms with Crippen LogP contribution in [-0.4, -0.2) is 16.1 Å². The molecule has 0 saturated heterocycles. The molecule has 0 heterocycles. The van der Waals surface area contributed by atoms with Gasteiger partial charge in [0.05, 0.1) is 21.6 Å². The highest BCUT2D eigenvalue weighted by Gasteiger charge is 2.52. The number of anilines is 6. The lowest BCUT2D eigenvalue weighted by Gasteiger charge is -2.33. The van der Waals surface area contributed by atoms with Crippen molar-refractivity contribution in [3.63, 3.8) is 0 Å². The van der Waals surface area contributed by atoms with Crippen molar-refractivity contribution in [2.75, 3.05) is 9.80 Å². The lowest BCUT2D eigenvalue weighted by Crippen LogP contribution is -2.37. The van der Waals surface area contributed by atoms with Crippen LogP contribution in [0, 0.1) is 0 Å². The number of para-hydroxylation sites is 2. The number of hydrogen-bond donors (Lipinski definition) is 0. The third-order valence-corrected chi connectivity index (χ3v) is 19.7. The van der Waals surface area contributed by atoms with Crippen molar-refractivity contribution in [1.82, 2.24) is 0 Å². The zero-order chi connectivity index (χ0) is 48.2. The zero-order valence-corrected chi connectivity index (χ0v) is 43.3. The summed E-state index contributed by atoms with van der Waals surface area (Å²) < 4.78 is 0. The second kappa shape index (κ2) is 16.1. The van der Waals surface area contributed by atoms with E-state index in [-0.39, 0.29) is 0 Å². The minimum atomic E-state index is -1.53. The second-order valence-corrected chi connectivity index (χ2v) is 31.9. The maximum Gasteiger partial charge on any atom is 0.0775 e. The van der Waals surface area contributed by atoms with Crippen LogP contribution in [0.2, 0.25) is 39.3 Å². The molecule has 2 aliphatic carbocycles. The van der Waals surface area contributed by atoms with Gasteiger partial charge in [-0.2, -0.15) is 0 Å². The Morgan fingerprint density at radius 1 is 0.254 bits per heavy atom. The minimum Gasteiger partial charge on any atom is -0.310 e. The van der Waals surface area contributed by atoms with Crippen molar-refractivity contribution >= 4 is 93.0 Å². The van der Waals surface area contributed by atoms with Gasteiger partial charge < -0.3 is 9.80 Å². The molecule has 13 rings (SSSR count). The van der Waals surface area contributed by atoms with Crippen LogP contribution in [0.4, 0.5) is 34.1 Å². The van der Waals surface area contributed by atoms with E-state index < -0.39 is 21.6 Å². The Balaban J connectivity index is 1.12. The molecule has 0 amide bonds. The fourth-order valence-electron chi connectivity index (χ4n) is 12.1. The van der Waals surface area contributed by atoms with Gasteiger partial charge in [0.15, 0.2) is 0 Å². The molecule has 2 nitrogen and oxygen atoms in total. The van der Waals surface area contributed by atoms with Gasteiger partial charge in [0, 0.05) is 34.1 Å². The van der Waals surface area contributed by atoms with E-state index in [1.54, 1.807) is 0 Å². The summed E-state index contributed by atoms with van der Waals surface area (Å²) in [4.78, 5) is 4.92. The molecular formula is C67H56N2Si2. The molecule has 11 aromatic carbocycles. The first-order valence-corrected chi connectivity index (χ1v) is 32.2. The molecule has 1 spiro atoms. The highest BCUT2D eigenvalue weighted by Crippen LogP contribution is 2.65. The number of nitrogens with zero attached hydrogens (tertiary/aromatic N) is 2. The number of rotatable bonds is 8. The third kappa shape index (κ3) is 6.73. The van der Waals surface area contributed by atoms with Crippen LogP contribution in [0.25, 0.3) is 54.6 Å². The summed E-state index contributed by atoms with van der Waals surface area (Å²) in [5, 5.41) is 10.6. The first kappa shape index (κ1) is 43.3. The predicted molar refractivity (Wildman–Crippen MR) is 311 cm³/mol. The fourth-order valence-corrected chi connectivity index (χ4v) is 14.4. The summed E-state index contributed by atoms with van der Waals surface area (Å²) in [6.07, 6.45) is 0. The molecule has 0 atom stereocenters. The molecule has 0 fully saturated rings. The van der Waals surface area contributed by atoms with Crippen molar-refractivity contribution in [2.45, 2.75) is 44.7 Å². The van der Waals surface area contributed by atoms with Gasteiger partial charge in [-0.05, 0) is 162 Å². The molecule has 0 aliphatic heterocycles. The van der Waals surface area contributed by atoms with E-state index in [1.807, 2.05) is 0 Å². The Labute approximate surface area is 420 Å². The van der Waals surface area contributed by atoms with Crippen LogP contribution in [-0.2, 0) is 5.41 Å². The molecule has 342 valence electrons. The Kier molecular flexibility index (Phi) is 9.84. The Hall–Kier alpha value is -7.77. The van der Waals surface area contributed by atoms with Crippen molar-refractivity contribution in [3.8, 4) is 22.3 Å². The van der Waals surface area contributed by atoms with Gasteiger partial charge in [-0.3, -0.25) is 0 Å². The Bertz CT molecular complexity index is 3730. The summed E-state index contributed by atoms with van der Waals surface area (Å²) in [6, 6.07) is 87.6. The third-order valence-electron chi connectivity index (χ3n) is 15.5. The average molecular weight is 945 g/mol. The van der Waals surface area contributed by atoms with E-state index in [1.165, 1.54) is 87.2 Å². The maximum atomic E-state index is 2.59. The van der Waals surface area contributed by atoms with E-state index in [9.17, 15) is 0 Å². The number of hydrogen-bond acceptors (Lipinski definition) is 2. The molecule has 0 N–H and O–H groups in total. The van der Waals surface area contributed by atoms with E-state index >= 15 is 0 Å². The highest BCUT2D eigenvalue weighted by atomic mass is 28.3. The van der Waals surface area contributed by atoms with E-state index in [2.05, 4.69) is 280 Å². The molecule has 11 aromatic rings. The first-order valence-electron chi connectivity index (χ1n) is 25.2. The minimum absolute atomic E-state index is 0.641. The SMILES string of the molecule is C[Si](C)(C)c1ccc(N(c2ccccc2)c2ccc3c(c2)C2(c4ccccc4-c4cc5c6ccccc6c6ccccc6c5cc42)c2cc(N(c4ccccc4)c4ccc([Si](C)(C)C)cc4)ccc2-3)cc1. The molecule has 0 bridgehead atoms. The van der Waals surface area contributed by atoms with Gasteiger partial charge in [0.25, 0.3) is 0 Å². The second-order valence-electron chi connectivity index (χ2n) is 21.7. The van der Waals surface area contributed by atoms with E-state index in [4.69, 9.17) is 0 Å². The predicted octanol–water partition coefficient (Wildman–Crippen LogP) is 17.5. The first-order chi connectivity index (χ1) is 34.5. The van der Waals surface area contributed by atoms with Crippen LogP contribution in [0.5, 0.6) is 0 Å². The van der Waals surface area contributed by atoms with E-state index in [0.717, 1.165) is 34.1 Å². The lowest BCUT2D eigenvalue weighted by atomic mass is 9.70. The maximum absolute atomic E-state index is 2.59. The van der Waals surface area contributed by atoms with Gasteiger partial charge in [0.1, 0.15) is 0 Å². The molecule has 4 heteroatoms. The largest absolute Gasteiger partial charge is 0.310 e. The van der Waals surface area contributed by atoms with Gasteiger partial charge >= 0.3 is 0 Å². The average Bonchev–Trinajstić information content (AvgIpc) is 3.85. The standard InChI is InChI=1S/C67H56N2Si2/c1-70(2,3)51-35-29-47(30-36-51)68(45-19-9-7-10-20-45)49-33-39-58-59-40-34-50(69(46-21-11-8-12-22-46)48-31-37-52(38-32-48)71(4,5)6)42-65(59)67(64(58)41-49)63-28-18-17-27-57(63)62-43-60-55-25-15-13-23-53(55)54-24-14-16-26-56(54)61(60)44-66(62)67/h7-44H,1-6H3. The molecule has 0 aromatic heterocycles. The summed E-state index contributed by atoms with van der Waals surface area (Å²) in [5.41, 5.74) is 16.6. The summed E-state index contributed by atoms with van der Waals surface area (Å²) in [7, 11) is -3.06. The van der Waals surface area contributed by atoms with Gasteiger partial charge in [0.2, 0.25) is 0 Å². The van der Waals surface area contributed by atoms with Crippen LogP contribution in [0.3, 0.4) is 0 Å². The molecule has 71 heavy (non-hydrogen) atoms. The van der Waals surface area contributed by atoms with Crippen LogP contribution >= 0.6 is 0 Å². The van der Waals surface area contributed by atoms with Gasteiger partial charge in [-0.15, -0.1) is 0 Å². The van der Waals surface area contributed by atoms with Crippen molar-refractivity contribution in [1.29, 1.82) is 0 Å². The monoisotopic (exact) mass is 944 g/mol. The van der Waals surface area contributed by atoms with E-state index in [0.29, 0.717) is 0 Å². The Morgan fingerprint density at radius 3 is 1.04 bits per heavy atom. The Morgan fingerprint density at radius 2 is 0.592 bits per heavy atom. The summed E-state index contributed by atoms with van der Waals surface area (Å²) >= 11 is 0. The molecular weight excluding hydrogens is 889 g/mol.